The van der Waals surface area contributed by atoms with Crippen LogP contribution in [-0.2, 0) is 14.3 Å². The van der Waals surface area contributed by atoms with E-state index in [1.54, 1.807) is 30.5 Å². The van der Waals surface area contributed by atoms with Crippen molar-refractivity contribution >= 4 is 35.0 Å². The molecule has 2 rings (SSSR count). The van der Waals surface area contributed by atoms with Gasteiger partial charge in [-0.2, -0.15) is 5.10 Å². The van der Waals surface area contributed by atoms with Crippen LogP contribution < -0.4 is 10.1 Å². The fourth-order valence-corrected chi connectivity index (χ4v) is 2.01. The molecule has 1 fully saturated rings. The van der Waals surface area contributed by atoms with Gasteiger partial charge in [0.05, 0.1) is 19.1 Å². The van der Waals surface area contributed by atoms with E-state index in [2.05, 4.69) is 20.3 Å². The van der Waals surface area contributed by atoms with E-state index in [0.29, 0.717) is 16.7 Å². The molecule has 1 heterocycles. The second kappa shape index (κ2) is 7.44. The molecular formula is C13H13N3O4S. The first kappa shape index (κ1) is 15.0. The molecule has 1 aromatic rings. The van der Waals surface area contributed by atoms with Crippen LogP contribution in [0.4, 0.5) is 0 Å². The van der Waals surface area contributed by atoms with Gasteiger partial charge in [0.15, 0.2) is 11.8 Å². The number of benzene rings is 1. The lowest BCUT2D eigenvalue weighted by Crippen LogP contribution is -2.19. The molecule has 0 saturated carbocycles. The van der Waals surface area contributed by atoms with E-state index in [-0.39, 0.29) is 12.5 Å². The van der Waals surface area contributed by atoms with E-state index in [0.717, 1.165) is 5.56 Å². The number of hydrogen-bond donors (Lipinski definition) is 1. The monoisotopic (exact) mass is 307 g/mol. The van der Waals surface area contributed by atoms with Crippen molar-refractivity contribution in [3.63, 3.8) is 0 Å². The topological polar surface area (TPSA) is 89.3 Å². The number of esters is 1. The van der Waals surface area contributed by atoms with E-state index < -0.39 is 5.97 Å². The van der Waals surface area contributed by atoms with Gasteiger partial charge in [0.2, 0.25) is 5.91 Å². The van der Waals surface area contributed by atoms with E-state index in [1.807, 2.05) is 0 Å². The lowest BCUT2D eigenvalue weighted by Gasteiger charge is -2.04. The Kier molecular flexibility index (Phi) is 5.33. The number of thioether (sulfide) groups is 1. The highest BCUT2D eigenvalue weighted by atomic mass is 32.2. The second-order valence-corrected chi connectivity index (χ2v) is 4.88. The van der Waals surface area contributed by atoms with Crippen LogP contribution in [0.25, 0.3) is 0 Å². The molecule has 1 N–H and O–H groups in total. The summed E-state index contributed by atoms with van der Waals surface area (Å²) in [5.41, 5.74) is 0.819. The van der Waals surface area contributed by atoms with Crippen molar-refractivity contribution in [2.75, 3.05) is 19.5 Å². The molecular weight excluding hydrogens is 294 g/mol. The highest BCUT2D eigenvalue weighted by molar-refractivity contribution is 8.15. The van der Waals surface area contributed by atoms with Crippen LogP contribution in [0.1, 0.15) is 5.56 Å². The zero-order chi connectivity index (χ0) is 15.1. The Morgan fingerprint density at radius 1 is 1.43 bits per heavy atom. The van der Waals surface area contributed by atoms with Gasteiger partial charge in [-0.1, -0.05) is 11.8 Å². The Labute approximate surface area is 125 Å². The summed E-state index contributed by atoms with van der Waals surface area (Å²) in [7, 11) is 1.30. The van der Waals surface area contributed by atoms with Crippen molar-refractivity contribution < 1.29 is 19.1 Å². The molecule has 8 heteroatoms. The molecule has 110 valence electrons. The van der Waals surface area contributed by atoms with Gasteiger partial charge in [0, 0.05) is 0 Å². The van der Waals surface area contributed by atoms with Crippen LogP contribution in [-0.4, -0.2) is 42.7 Å². The number of ether oxygens (including phenoxy) is 2. The van der Waals surface area contributed by atoms with Gasteiger partial charge in [-0.3, -0.25) is 4.79 Å². The largest absolute Gasteiger partial charge is 0.482 e. The van der Waals surface area contributed by atoms with Gasteiger partial charge in [-0.25, -0.2) is 4.79 Å². The number of methoxy groups -OCH3 is 1. The van der Waals surface area contributed by atoms with Crippen molar-refractivity contribution in [2.24, 2.45) is 10.2 Å². The van der Waals surface area contributed by atoms with Crippen molar-refractivity contribution in [3.05, 3.63) is 29.8 Å². The number of amidine groups is 1. The minimum Gasteiger partial charge on any atom is -0.482 e. The molecule has 7 nitrogen and oxygen atoms in total. The molecule has 1 aromatic carbocycles. The Balaban J connectivity index is 1.87. The smallest absolute Gasteiger partial charge is 0.343 e. The summed E-state index contributed by atoms with van der Waals surface area (Å²) in [5.74, 6) is 0.428. The first-order chi connectivity index (χ1) is 10.2. The zero-order valence-electron chi connectivity index (χ0n) is 11.2. The minimum atomic E-state index is -0.437. The Morgan fingerprint density at radius 2 is 2.19 bits per heavy atom. The van der Waals surface area contributed by atoms with Crippen LogP contribution in [0.3, 0.4) is 0 Å². The predicted octanol–water partition coefficient (Wildman–Crippen LogP) is 0.791. The predicted molar refractivity (Wildman–Crippen MR) is 79.6 cm³/mol. The maximum Gasteiger partial charge on any atom is 0.343 e. The summed E-state index contributed by atoms with van der Waals surface area (Å²) in [6.07, 6.45) is 1.56. The molecule has 0 spiro atoms. The third kappa shape index (κ3) is 4.92. The average molecular weight is 307 g/mol. The minimum absolute atomic E-state index is 0.0685. The Bertz CT molecular complexity index is 584. The summed E-state index contributed by atoms with van der Waals surface area (Å²) in [4.78, 5) is 21.9. The number of nitrogens with one attached hydrogen (secondary N) is 1. The van der Waals surface area contributed by atoms with Gasteiger partial charge in [-0.05, 0) is 29.8 Å². The average Bonchev–Trinajstić information content (AvgIpc) is 2.91. The van der Waals surface area contributed by atoms with Gasteiger partial charge in [0.25, 0.3) is 0 Å². The first-order valence-corrected chi connectivity index (χ1v) is 6.99. The van der Waals surface area contributed by atoms with Crippen molar-refractivity contribution in [3.8, 4) is 5.75 Å². The lowest BCUT2D eigenvalue weighted by molar-refractivity contribution is -0.142. The summed E-state index contributed by atoms with van der Waals surface area (Å²) >= 11 is 1.31. The number of rotatable bonds is 5. The number of amides is 1. The van der Waals surface area contributed by atoms with E-state index in [1.165, 1.54) is 18.9 Å². The van der Waals surface area contributed by atoms with Crippen LogP contribution in [0.2, 0.25) is 0 Å². The van der Waals surface area contributed by atoms with E-state index in [4.69, 9.17) is 4.74 Å². The number of hydrogen-bond acceptors (Lipinski definition) is 7. The summed E-state index contributed by atoms with van der Waals surface area (Å²) in [5, 5.41) is 10.8. The van der Waals surface area contributed by atoms with Crippen LogP contribution in [0.5, 0.6) is 5.75 Å². The maximum absolute atomic E-state index is 10.9. The Hall–Kier alpha value is -2.35. The molecule has 1 amide bonds. The zero-order valence-corrected chi connectivity index (χ0v) is 12.1. The van der Waals surface area contributed by atoms with Gasteiger partial charge < -0.3 is 14.8 Å². The number of carbonyl (C=O) groups is 2. The summed E-state index contributed by atoms with van der Waals surface area (Å²) in [6, 6.07) is 6.97. The summed E-state index contributed by atoms with van der Waals surface area (Å²) < 4.78 is 9.69. The second-order valence-electron chi connectivity index (χ2n) is 3.92. The van der Waals surface area contributed by atoms with Gasteiger partial charge in [0.1, 0.15) is 5.75 Å². The molecule has 1 saturated heterocycles. The molecule has 0 aliphatic carbocycles. The normalized spacial score (nSPS) is 16.2. The SMILES string of the molecule is COC(=O)COc1ccc(C=NN=C2NC(=O)CS2)cc1. The Morgan fingerprint density at radius 3 is 2.81 bits per heavy atom. The number of nitrogens with zero attached hydrogens (tertiary/aromatic N) is 2. The first-order valence-electron chi connectivity index (χ1n) is 6.01. The fraction of sp³-hybridized carbons (Fsp3) is 0.231. The number of carbonyl (C=O) groups excluding carboxylic acids is 2. The highest BCUT2D eigenvalue weighted by Crippen LogP contribution is 2.12. The van der Waals surface area contributed by atoms with Crippen molar-refractivity contribution in [1.29, 1.82) is 0 Å². The molecule has 0 atom stereocenters. The quantitative estimate of drug-likeness (QED) is 0.493. The fourth-order valence-electron chi connectivity index (χ4n) is 1.38. The molecule has 21 heavy (non-hydrogen) atoms. The molecule has 1 aliphatic heterocycles. The van der Waals surface area contributed by atoms with Crippen LogP contribution >= 0.6 is 11.8 Å². The van der Waals surface area contributed by atoms with Crippen molar-refractivity contribution in [2.45, 2.75) is 0 Å². The van der Waals surface area contributed by atoms with E-state index >= 15 is 0 Å². The van der Waals surface area contributed by atoms with Crippen molar-refractivity contribution in [1.82, 2.24) is 5.32 Å². The molecule has 0 unspecified atom stereocenters. The van der Waals surface area contributed by atoms with E-state index in [9.17, 15) is 9.59 Å². The molecule has 1 aliphatic rings. The third-order valence-electron chi connectivity index (χ3n) is 2.41. The summed E-state index contributed by atoms with van der Waals surface area (Å²) in [6.45, 7) is -0.130. The van der Waals surface area contributed by atoms with Crippen LogP contribution in [0.15, 0.2) is 34.5 Å². The maximum atomic E-state index is 10.9. The highest BCUT2D eigenvalue weighted by Gasteiger charge is 2.15. The lowest BCUT2D eigenvalue weighted by atomic mass is 10.2. The van der Waals surface area contributed by atoms with Gasteiger partial charge in [-0.15, -0.1) is 5.10 Å². The standard InChI is InChI=1S/C13H13N3O4S/c1-19-12(18)7-20-10-4-2-9(3-5-10)6-14-16-13-15-11(17)8-21-13/h2-6H,7-8H2,1H3,(H,15,16,17). The van der Waals surface area contributed by atoms with Gasteiger partial charge >= 0.3 is 5.97 Å². The molecule has 0 aromatic heterocycles. The van der Waals surface area contributed by atoms with Crippen LogP contribution in [0, 0.1) is 0 Å². The third-order valence-corrected chi connectivity index (χ3v) is 3.27. The molecule has 0 bridgehead atoms. The molecule has 0 radical (unpaired) electrons.